The molecule has 3 atom stereocenters. The zero-order chi connectivity index (χ0) is 30.9. The maximum absolute atomic E-state index is 12.2. The van der Waals surface area contributed by atoms with E-state index in [2.05, 4.69) is 6.92 Å². The number of hydrogen-bond donors (Lipinski definition) is 2. The molecule has 41 heavy (non-hydrogen) atoms. The average Bonchev–Trinajstić information content (AvgIpc) is 2.92. The number of allylic oxidation sites excluding steroid dienone is 1. The third-order valence-electron chi connectivity index (χ3n) is 8.71. The molecule has 3 unspecified atom stereocenters. The zero-order valence-corrected chi connectivity index (χ0v) is 26.9. The second-order valence-corrected chi connectivity index (χ2v) is 11.8. The van der Waals surface area contributed by atoms with Gasteiger partial charge in [-0.25, -0.2) is 9.59 Å². The van der Waals surface area contributed by atoms with E-state index in [1.165, 1.54) is 96.3 Å². The Kier molecular flexibility index (Phi) is 23.5. The third kappa shape index (κ3) is 15.2. The third-order valence-corrected chi connectivity index (χ3v) is 8.71. The van der Waals surface area contributed by atoms with Crippen LogP contribution >= 0.6 is 0 Å². The van der Waals surface area contributed by atoms with Gasteiger partial charge in [0, 0.05) is 19.3 Å². The normalized spacial score (nSPS) is 15.4. The highest BCUT2D eigenvalue weighted by atomic mass is 16.4. The summed E-state index contributed by atoms with van der Waals surface area (Å²) in [7, 11) is 0. The van der Waals surface area contributed by atoms with Crippen molar-refractivity contribution in [2.24, 2.45) is 0 Å². The Morgan fingerprint density at radius 3 is 1.15 bits per heavy atom. The van der Waals surface area contributed by atoms with E-state index in [0.29, 0.717) is 6.42 Å². The van der Waals surface area contributed by atoms with E-state index in [4.69, 9.17) is 0 Å². The van der Waals surface area contributed by atoms with Crippen LogP contribution in [0.1, 0.15) is 169 Å². The molecule has 0 aliphatic carbocycles. The summed E-state index contributed by atoms with van der Waals surface area (Å²) in [6, 6.07) is -3.63. The van der Waals surface area contributed by atoms with Crippen molar-refractivity contribution in [1.29, 1.82) is 0 Å². The summed E-state index contributed by atoms with van der Waals surface area (Å²) in [6.45, 7) is 7.23. The van der Waals surface area contributed by atoms with Crippen LogP contribution < -0.4 is 5.11 Å². The lowest BCUT2D eigenvalue weighted by Gasteiger charge is -2.48. The van der Waals surface area contributed by atoms with Crippen LogP contribution in [0.25, 0.3) is 0 Å². The fourth-order valence-electron chi connectivity index (χ4n) is 6.41. The lowest BCUT2D eigenvalue weighted by Crippen LogP contribution is -2.70. The summed E-state index contributed by atoms with van der Waals surface area (Å²) in [5, 5.41) is 32.1. The molecular weight excluding hydrogens is 518 g/mol. The SMILES string of the molecule is CCCCCCCCCCCCCCCCCCCC/C=C/[N+](C(CC)C(=O)[O-])(C(CC)C(=O)O)C(CC)C(=O)O. The molecule has 0 rings (SSSR count). The van der Waals surface area contributed by atoms with Crippen LogP contribution in [0.3, 0.4) is 0 Å². The largest absolute Gasteiger partial charge is 0.544 e. The molecule has 0 heterocycles. The molecule has 0 amide bonds. The summed E-state index contributed by atoms with van der Waals surface area (Å²) >= 11 is 0. The minimum Gasteiger partial charge on any atom is -0.544 e. The van der Waals surface area contributed by atoms with Crippen molar-refractivity contribution in [1.82, 2.24) is 0 Å². The molecular formula is C34H63NO6. The number of aliphatic carboxylic acids is 3. The predicted octanol–water partition coefficient (Wildman–Crippen LogP) is 8.00. The number of rotatable bonds is 29. The van der Waals surface area contributed by atoms with Crippen molar-refractivity contribution in [2.75, 3.05) is 0 Å². The van der Waals surface area contributed by atoms with E-state index < -0.39 is 40.5 Å². The Balaban J connectivity index is 4.50. The van der Waals surface area contributed by atoms with Gasteiger partial charge in [0.25, 0.3) is 0 Å². The molecule has 0 saturated carbocycles. The van der Waals surface area contributed by atoms with Crippen LogP contribution in [0.5, 0.6) is 0 Å². The molecule has 0 fully saturated rings. The summed E-state index contributed by atoms with van der Waals surface area (Å²) in [5.41, 5.74) is 0. The first-order valence-electron chi connectivity index (χ1n) is 17.0. The van der Waals surface area contributed by atoms with Crippen LogP contribution in [0.4, 0.5) is 0 Å². The van der Waals surface area contributed by atoms with E-state index in [0.717, 1.165) is 19.3 Å². The van der Waals surface area contributed by atoms with Crippen molar-refractivity contribution < 1.29 is 34.2 Å². The van der Waals surface area contributed by atoms with Crippen LogP contribution in [0, 0.1) is 0 Å². The molecule has 0 saturated heterocycles. The Bertz CT molecular complexity index is 667. The van der Waals surface area contributed by atoms with Gasteiger partial charge in [0.1, 0.15) is 6.04 Å². The molecule has 2 N–H and O–H groups in total. The number of nitrogens with zero attached hydrogens (tertiary/aromatic N) is 1. The van der Waals surface area contributed by atoms with E-state index in [9.17, 15) is 29.7 Å². The molecule has 0 aromatic rings. The van der Waals surface area contributed by atoms with E-state index in [1.807, 2.05) is 0 Å². The number of carbonyl (C=O) groups excluding carboxylic acids is 1. The molecule has 7 heteroatoms. The predicted molar refractivity (Wildman–Crippen MR) is 165 cm³/mol. The van der Waals surface area contributed by atoms with Gasteiger partial charge >= 0.3 is 11.9 Å². The molecule has 0 bridgehead atoms. The number of carbonyl (C=O) groups is 3. The molecule has 0 spiro atoms. The molecule has 0 aliphatic heterocycles. The number of quaternary nitrogens is 1. The Hall–Kier alpha value is -1.89. The van der Waals surface area contributed by atoms with Crippen molar-refractivity contribution in [3.8, 4) is 0 Å². The van der Waals surface area contributed by atoms with Crippen LogP contribution in [0.2, 0.25) is 0 Å². The van der Waals surface area contributed by atoms with E-state index >= 15 is 0 Å². The first-order chi connectivity index (χ1) is 19.7. The fourth-order valence-corrected chi connectivity index (χ4v) is 6.41. The Morgan fingerprint density at radius 2 is 0.878 bits per heavy atom. The summed E-state index contributed by atoms with van der Waals surface area (Å²) in [4.78, 5) is 36.6. The van der Waals surface area contributed by atoms with Gasteiger partial charge in [0.05, 0.1) is 12.2 Å². The van der Waals surface area contributed by atoms with Gasteiger partial charge in [-0.3, -0.25) is 4.48 Å². The molecule has 0 aromatic heterocycles. The van der Waals surface area contributed by atoms with E-state index in [1.54, 1.807) is 33.0 Å². The first kappa shape index (κ1) is 39.1. The molecule has 0 aromatic carbocycles. The Morgan fingerprint density at radius 1 is 0.561 bits per heavy atom. The summed E-state index contributed by atoms with van der Waals surface area (Å²) in [5.74, 6) is -3.79. The van der Waals surface area contributed by atoms with Crippen molar-refractivity contribution in [3.05, 3.63) is 12.3 Å². The highest BCUT2D eigenvalue weighted by Crippen LogP contribution is 2.32. The zero-order valence-electron chi connectivity index (χ0n) is 26.9. The topological polar surface area (TPSA) is 115 Å². The monoisotopic (exact) mass is 581 g/mol. The first-order valence-corrected chi connectivity index (χ1v) is 17.0. The van der Waals surface area contributed by atoms with Gasteiger partial charge in [0.15, 0.2) is 12.1 Å². The molecule has 240 valence electrons. The van der Waals surface area contributed by atoms with Crippen molar-refractivity contribution in [2.45, 2.75) is 187 Å². The van der Waals surface area contributed by atoms with Gasteiger partial charge in [-0.2, -0.15) is 0 Å². The van der Waals surface area contributed by atoms with Gasteiger partial charge < -0.3 is 20.1 Å². The molecule has 0 radical (unpaired) electrons. The highest BCUT2D eigenvalue weighted by Gasteiger charge is 2.53. The Labute approximate surface area is 251 Å². The number of unbranched alkanes of at least 4 members (excludes halogenated alkanes) is 18. The number of carboxylic acids is 3. The second-order valence-electron chi connectivity index (χ2n) is 11.8. The van der Waals surface area contributed by atoms with Crippen LogP contribution in [-0.2, 0) is 14.4 Å². The van der Waals surface area contributed by atoms with Gasteiger partial charge in [0.2, 0.25) is 0 Å². The maximum Gasteiger partial charge on any atom is 0.362 e. The lowest BCUT2D eigenvalue weighted by atomic mass is 9.95. The van der Waals surface area contributed by atoms with Crippen molar-refractivity contribution in [3.63, 3.8) is 0 Å². The minimum atomic E-state index is -1.41. The lowest BCUT2D eigenvalue weighted by molar-refractivity contribution is -0.929. The standard InChI is InChI=1S/C34H63NO6/c1-5-9-10-11-12-13-14-15-16-17-18-19-20-21-22-23-24-25-26-27-28-35(29(6-2)32(36)37,30(7-3)33(38)39)31(8-4)34(40)41/h27-31H,5-26H2,1-4H3,(H2-,36,37,38,39,40,41)/b28-27+. The average molecular weight is 582 g/mol. The van der Waals surface area contributed by atoms with E-state index in [-0.39, 0.29) is 19.3 Å². The van der Waals surface area contributed by atoms with Gasteiger partial charge in [-0.15, -0.1) is 0 Å². The second kappa shape index (κ2) is 24.7. The maximum atomic E-state index is 12.2. The number of hydrogen-bond acceptors (Lipinski definition) is 4. The van der Waals surface area contributed by atoms with Gasteiger partial charge in [-0.1, -0.05) is 137 Å². The summed E-state index contributed by atoms with van der Waals surface area (Å²) in [6.07, 6.45) is 27.7. The van der Waals surface area contributed by atoms with Gasteiger partial charge in [-0.05, 0) is 18.9 Å². The fraction of sp³-hybridized carbons (Fsp3) is 0.853. The number of carboxylic acid groups (broad SMARTS) is 3. The van der Waals surface area contributed by atoms with Crippen LogP contribution in [-0.4, -0.2) is 50.7 Å². The minimum absolute atomic E-state index is 0.0828. The molecule has 7 nitrogen and oxygen atoms in total. The quantitative estimate of drug-likeness (QED) is 0.0683. The van der Waals surface area contributed by atoms with Crippen molar-refractivity contribution >= 4 is 17.9 Å². The summed E-state index contributed by atoms with van der Waals surface area (Å²) < 4.78 is -0.643. The highest BCUT2D eigenvalue weighted by molar-refractivity contribution is 5.77. The molecule has 0 aliphatic rings. The van der Waals surface area contributed by atoms with Crippen LogP contribution in [0.15, 0.2) is 12.3 Å². The smallest absolute Gasteiger partial charge is 0.362 e.